The minimum Gasteiger partial charge on any atom is -0.459 e. The molecule has 0 atom stereocenters. The first-order valence-electron chi connectivity index (χ1n) is 11.7. The van der Waals surface area contributed by atoms with Gasteiger partial charge in [-0.1, -0.05) is 13.2 Å². The van der Waals surface area contributed by atoms with Crippen molar-refractivity contribution < 1.29 is 52.5 Å². The molecule has 0 saturated heterocycles. The average Bonchev–Trinajstić information content (AvgIpc) is 2.92. The highest BCUT2D eigenvalue weighted by atomic mass is 35.5. The van der Waals surface area contributed by atoms with E-state index in [4.69, 9.17) is 46.9 Å². The summed E-state index contributed by atoms with van der Waals surface area (Å²) >= 11 is 11.2. The number of benzene rings is 2. The summed E-state index contributed by atoms with van der Waals surface area (Å²) in [6.07, 6.45) is 0. The summed E-state index contributed by atoms with van der Waals surface area (Å²) in [5.41, 5.74) is -0.493. The van der Waals surface area contributed by atoms with E-state index >= 15 is 0 Å². The molecule has 13 heteroatoms. The predicted octanol–water partition coefficient (Wildman–Crippen LogP) is 4.79. The van der Waals surface area contributed by atoms with Gasteiger partial charge in [-0.2, -0.15) is 0 Å². The van der Waals surface area contributed by atoms with Crippen molar-refractivity contribution in [3.63, 3.8) is 0 Å². The molecule has 0 amide bonds. The molecule has 0 aromatic heterocycles. The molecule has 0 aliphatic carbocycles. The van der Waals surface area contributed by atoms with E-state index in [2.05, 4.69) is 13.2 Å². The third-order valence-electron chi connectivity index (χ3n) is 4.88. The number of halogens is 2. The Morgan fingerprint density at radius 2 is 0.976 bits per heavy atom. The Morgan fingerprint density at radius 3 is 1.41 bits per heavy atom. The van der Waals surface area contributed by atoms with E-state index in [1.807, 2.05) is 0 Å². The van der Waals surface area contributed by atoms with E-state index in [1.165, 1.54) is 50.2 Å². The Kier molecular flexibility index (Phi) is 12.2. The van der Waals surface area contributed by atoms with Gasteiger partial charge < -0.3 is 23.7 Å². The molecule has 2 rings (SSSR count). The zero-order valence-electron chi connectivity index (χ0n) is 22.0. The van der Waals surface area contributed by atoms with Crippen molar-refractivity contribution in [1.82, 2.24) is 0 Å². The summed E-state index contributed by atoms with van der Waals surface area (Å²) in [4.78, 5) is 71.7. The molecule has 216 valence electrons. The number of carbonyl (C=O) groups excluding carboxylic acids is 6. The number of ether oxygens (including phenoxy) is 5. The molecule has 0 radical (unpaired) electrons. The molecule has 11 nitrogen and oxygen atoms in total. The van der Waals surface area contributed by atoms with Crippen LogP contribution >= 0.6 is 23.2 Å². The zero-order chi connectivity index (χ0) is 30.7. The maximum absolute atomic E-state index is 12.6. The van der Waals surface area contributed by atoms with Gasteiger partial charge in [0.25, 0.3) is 10.5 Å². The van der Waals surface area contributed by atoms with Crippen molar-refractivity contribution in [3.05, 3.63) is 83.0 Å². The first-order valence-corrected chi connectivity index (χ1v) is 12.4. The van der Waals surface area contributed by atoms with Crippen LogP contribution in [0.3, 0.4) is 0 Å². The molecular weight excluding hydrogens is 583 g/mol. The van der Waals surface area contributed by atoms with E-state index in [0.717, 1.165) is 0 Å². The normalized spacial score (nSPS) is 10.1. The van der Waals surface area contributed by atoms with Crippen LogP contribution in [0.25, 0.3) is 0 Å². The van der Waals surface area contributed by atoms with E-state index in [1.54, 1.807) is 0 Å². The SMILES string of the molecule is C=C(C)C(=O)OCCOC(=O)c1ccc(Oc2ccc(C(=O)Cl)c(C(=O)OCCOC(=O)C(=C)C)c2)cc1C(=O)Cl. The molecule has 0 bridgehead atoms. The molecular formula is C28H24Cl2O11. The quantitative estimate of drug-likeness (QED) is 0.0960. The summed E-state index contributed by atoms with van der Waals surface area (Å²) in [5.74, 6) is -3.09. The fraction of sp³-hybridized carbons (Fsp3) is 0.214. The lowest BCUT2D eigenvalue weighted by Gasteiger charge is -2.13. The standard InChI is InChI=1S/C28H24Cl2O11/c1-15(2)25(33)37-9-11-39-27(35)20-8-6-17(13-21(20)24(30)32)41-18-5-7-19(23(29)31)22(14-18)28(36)40-12-10-38-26(34)16(3)4/h5-8,13-14H,1,3,9-12H2,2,4H3. The highest BCUT2D eigenvalue weighted by Crippen LogP contribution is 2.28. The summed E-state index contributed by atoms with van der Waals surface area (Å²) < 4.78 is 25.4. The van der Waals surface area contributed by atoms with E-state index < -0.39 is 34.4 Å². The Morgan fingerprint density at radius 1 is 0.585 bits per heavy atom. The van der Waals surface area contributed by atoms with Crippen LogP contribution in [0.1, 0.15) is 55.3 Å². The highest BCUT2D eigenvalue weighted by Gasteiger charge is 2.21. The van der Waals surface area contributed by atoms with Gasteiger partial charge in [0.05, 0.1) is 16.7 Å². The molecule has 0 saturated carbocycles. The van der Waals surface area contributed by atoms with Crippen molar-refractivity contribution in [2.45, 2.75) is 13.8 Å². The topological polar surface area (TPSA) is 149 Å². The molecule has 0 aliphatic rings. The van der Waals surface area contributed by atoms with Crippen LogP contribution in [-0.4, -0.2) is 60.8 Å². The first-order chi connectivity index (χ1) is 19.3. The smallest absolute Gasteiger partial charge is 0.339 e. The van der Waals surface area contributed by atoms with Crippen molar-refractivity contribution >= 4 is 57.6 Å². The minimum atomic E-state index is -0.990. The van der Waals surface area contributed by atoms with E-state index in [9.17, 15) is 28.8 Å². The lowest BCUT2D eigenvalue weighted by molar-refractivity contribution is -0.140. The van der Waals surface area contributed by atoms with Crippen LogP contribution in [0.4, 0.5) is 0 Å². The second kappa shape index (κ2) is 15.3. The second-order valence-corrected chi connectivity index (χ2v) is 8.86. The molecule has 0 N–H and O–H groups in total. The largest absolute Gasteiger partial charge is 0.459 e. The fourth-order valence-corrected chi connectivity index (χ4v) is 3.25. The maximum atomic E-state index is 12.6. The van der Waals surface area contributed by atoms with Gasteiger partial charge in [0.1, 0.15) is 37.9 Å². The van der Waals surface area contributed by atoms with Gasteiger partial charge in [-0.05, 0) is 73.4 Å². The highest BCUT2D eigenvalue weighted by molar-refractivity contribution is 6.68. The monoisotopic (exact) mass is 606 g/mol. The van der Waals surface area contributed by atoms with Crippen LogP contribution in [-0.2, 0) is 28.5 Å². The van der Waals surface area contributed by atoms with Crippen LogP contribution < -0.4 is 4.74 Å². The van der Waals surface area contributed by atoms with Gasteiger partial charge in [0.15, 0.2) is 0 Å². The lowest BCUT2D eigenvalue weighted by Crippen LogP contribution is -2.16. The van der Waals surface area contributed by atoms with Crippen LogP contribution in [0.5, 0.6) is 11.5 Å². The molecule has 0 spiro atoms. The van der Waals surface area contributed by atoms with Crippen molar-refractivity contribution in [2.24, 2.45) is 0 Å². The third kappa shape index (κ3) is 9.89. The second-order valence-electron chi connectivity index (χ2n) is 8.17. The molecule has 0 unspecified atom stereocenters. The number of hydrogen-bond donors (Lipinski definition) is 0. The summed E-state index contributed by atoms with van der Waals surface area (Å²) in [6, 6.07) is 7.46. The van der Waals surface area contributed by atoms with Gasteiger partial charge in [-0.15, -0.1) is 0 Å². The molecule has 41 heavy (non-hydrogen) atoms. The summed E-state index contributed by atoms with van der Waals surface area (Å²) in [6.45, 7) is 8.70. The van der Waals surface area contributed by atoms with Gasteiger partial charge in [-0.25, -0.2) is 19.2 Å². The molecule has 0 heterocycles. The van der Waals surface area contributed by atoms with Crippen LogP contribution in [0, 0.1) is 0 Å². The van der Waals surface area contributed by atoms with E-state index in [0.29, 0.717) is 0 Å². The van der Waals surface area contributed by atoms with Crippen LogP contribution in [0.15, 0.2) is 60.7 Å². The predicted molar refractivity (Wildman–Crippen MR) is 145 cm³/mol. The zero-order valence-corrected chi connectivity index (χ0v) is 23.5. The van der Waals surface area contributed by atoms with Gasteiger partial charge >= 0.3 is 23.9 Å². The Hall–Kier alpha value is -4.48. The fourth-order valence-electron chi connectivity index (χ4n) is 2.93. The Labute approximate surface area is 244 Å². The summed E-state index contributed by atoms with van der Waals surface area (Å²) in [5, 5.41) is -1.93. The number of carbonyl (C=O) groups is 6. The Balaban J connectivity index is 2.16. The maximum Gasteiger partial charge on any atom is 0.339 e. The Bertz CT molecular complexity index is 1410. The number of hydrogen-bond acceptors (Lipinski definition) is 11. The van der Waals surface area contributed by atoms with Gasteiger partial charge in [0, 0.05) is 16.7 Å². The minimum absolute atomic E-state index is 0.0370. The number of esters is 4. The van der Waals surface area contributed by atoms with Crippen LogP contribution in [0.2, 0.25) is 0 Å². The van der Waals surface area contributed by atoms with E-state index in [-0.39, 0.29) is 71.3 Å². The molecule has 2 aromatic carbocycles. The summed E-state index contributed by atoms with van der Waals surface area (Å²) in [7, 11) is 0. The molecule has 0 aliphatic heterocycles. The van der Waals surface area contributed by atoms with Gasteiger partial charge in [0.2, 0.25) is 0 Å². The first kappa shape index (κ1) is 32.7. The number of rotatable bonds is 14. The lowest BCUT2D eigenvalue weighted by atomic mass is 10.1. The third-order valence-corrected chi connectivity index (χ3v) is 5.28. The van der Waals surface area contributed by atoms with Gasteiger partial charge in [-0.3, -0.25) is 9.59 Å². The molecule has 2 aromatic rings. The van der Waals surface area contributed by atoms with Crippen molar-refractivity contribution in [3.8, 4) is 11.5 Å². The van der Waals surface area contributed by atoms with Crippen molar-refractivity contribution in [2.75, 3.05) is 26.4 Å². The van der Waals surface area contributed by atoms with Crippen molar-refractivity contribution in [1.29, 1.82) is 0 Å². The molecule has 0 fully saturated rings. The average molecular weight is 607 g/mol.